The molecule has 0 bridgehead atoms. The molecule has 4 rings (SSSR count). The maximum atomic E-state index is 6.28. The first-order valence-corrected chi connectivity index (χ1v) is 9.24. The second-order valence-electron chi connectivity index (χ2n) is 5.88. The van der Waals surface area contributed by atoms with Gasteiger partial charge in [0.1, 0.15) is 5.69 Å². The van der Waals surface area contributed by atoms with Gasteiger partial charge in [0, 0.05) is 5.56 Å². The van der Waals surface area contributed by atoms with E-state index in [-0.39, 0.29) is 0 Å². The summed E-state index contributed by atoms with van der Waals surface area (Å²) in [6.45, 7) is 0. The minimum absolute atomic E-state index is 0.353. The van der Waals surface area contributed by atoms with Crippen LogP contribution in [0.25, 0.3) is 28.9 Å². The molecule has 0 aliphatic carbocycles. The number of benzene rings is 2. The fraction of sp³-hybridized carbons (Fsp3) is 0. The zero-order chi connectivity index (χ0) is 19.3. The van der Waals surface area contributed by atoms with Crippen molar-refractivity contribution in [3.63, 3.8) is 0 Å². The second-order valence-corrected chi connectivity index (χ2v) is 6.70. The highest BCUT2D eigenvalue weighted by atomic mass is 35.5. The largest absolute Gasteiger partial charge is 0.274 e. The van der Waals surface area contributed by atoms with Gasteiger partial charge in [-0.25, -0.2) is 5.10 Å². The molecule has 0 radical (unpaired) electrons. The molecule has 28 heavy (non-hydrogen) atoms. The summed E-state index contributed by atoms with van der Waals surface area (Å²) in [5.41, 5.74) is 3.48. The Kier molecular flexibility index (Phi) is 5.27. The molecule has 2 aromatic heterocycles. The molecule has 2 N–H and O–H groups in total. The number of nitrogens with zero attached hydrogens (tertiary/aromatic N) is 4. The van der Waals surface area contributed by atoms with Gasteiger partial charge >= 0.3 is 0 Å². The van der Waals surface area contributed by atoms with Gasteiger partial charge in [-0.1, -0.05) is 72.3 Å². The number of aromatic amines is 2. The van der Waals surface area contributed by atoms with Crippen molar-refractivity contribution in [3.05, 3.63) is 82.1 Å². The highest BCUT2D eigenvalue weighted by Crippen LogP contribution is 2.22. The first kappa shape index (κ1) is 18.1. The lowest BCUT2D eigenvalue weighted by atomic mass is 10.1. The van der Waals surface area contributed by atoms with Crippen molar-refractivity contribution in [1.29, 1.82) is 0 Å². The van der Waals surface area contributed by atoms with Crippen molar-refractivity contribution < 1.29 is 0 Å². The van der Waals surface area contributed by atoms with E-state index in [0.717, 1.165) is 16.8 Å². The molecule has 2 heterocycles. The molecule has 0 spiro atoms. The standard InChI is InChI=1S/C20H15ClN6S/c21-16(11-14-7-3-1-4-8-14)13-22-27-19(25-26-20(27)28)18-12-17(23-24-18)15-9-5-2-6-10-15/h1-13H,(H,23,24)(H,26,28)/b16-11+,22-13+. The fourth-order valence-corrected chi connectivity index (χ4v) is 2.97. The number of aromatic nitrogens is 5. The summed E-state index contributed by atoms with van der Waals surface area (Å²) in [6, 6.07) is 21.5. The van der Waals surface area contributed by atoms with E-state index in [4.69, 9.17) is 23.8 Å². The van der Waals surface area contributed by atoms with Crippen LogP contribution in [-0.4, -0.2) is 31.3 Å². The van der Waals surface area contributed by atoms with Crippen molar-refractivity contribution in [2.24, 2.45) is 5.10 Å². The molecule has 8 heteroatoms. The third-order valence-corrected chi connectivity index (χ3v) is 4.41. The summed E-state index contributed by atoms with van der Waals surface area (Å²) in [5, 5.41) is 19.2. The Morgan fingerprint density at radius 3 is 2.46 bits per heavy atom. The minimum Gasteiger partial charge on any atom is -0.274 e. The molecule has 0 atom stereocenters. The van der Waals surface area contributed by atoms with Gasteiger partial charge in [0.15, 0.2) is 0 Å². The van der Waals surface area contributed by atoms with E-state index >= 15 is 0 Å². The summed E-state index contributed by atoms with van der Waals surface area (Å²) in [4.78, 5) is 0. The zero-order valence-corrected chi connectivity index (χ0v) is 16.2. The van der Waals surface area contributed by atoms with Crippen LogP contribution < -0.4 is 0 Å². The number of hydrogen-bond acceptors (Lipinski definition) is 4. The summed E-state index contributed by atoms with van der Waals surface area (Å²) in [7, 11) is 0. The van der Waals surface area contributed by atoms with Crippen molar-refractivity contribution in [1.82, 2.24) is 25.1 Å². The predicted molar refractivity (Wildman–Crippen MR) is 115 cm³/mol. The average Bonchev–Trinajstić information content (AvgIpc) is 3.35. The van der Waals surface area contributed by atoms with Crippen LogP contribution in [0.1, 0.15) is 5.56 Å². The molecule has 0 saturated heterocycles. The fourth-order valence-electron chi connectivity index (χ4n) is 2.62. The Morgan fingerprint density at radius 1 is 1.00 bits per heavy atom. The molecule has 4 aromatic rings. The summed E-state index contributed by atoms with van der Waals surface area (Å²) >= 11 is 11.6. The lowest BCUT2D eigenvalue weighted by Crippen LogP contribution is -1.94. The van der Waals surface area contributed by atoms with E-state index in [1.54, 1.807) is 0 Å². The number of nitrogens with one attached hydrogen (secondary N) is 2. The van der Waals surface area contributed by atoms with E-state index in [9.17, 15) is 0 Å². The first-order valence-electron chi connectivity index (χ1n) is 8.46. The van der Waals surface area contributed by atoms with Crippen LogP contribution in [0.15, 0.2) is 76.9 Å². The second kappa shape index (κ2) is 8.16. The number of hydrogen-bond donors (Lipinski definition) is 2. The molecular weight excluding hydrogens is 392 g/mol. The van der Waals surface area contributed by atoms with Gasteiger partial charge in [0.05, 0.1) is 16.9 Å². The zero-order valence-electron chi connectivity index (χ0n) is 14.6. The van der Waals surface area contributed by atoms with Crippen LogP contribution >= 0.6 is 23.8 Å². The Labute approximate surface area is 171 Å². The maximum absolute atomic E-state index is 6.28. The van der Waals surface area contributed by atoms with Crippen LogP contribution in [0.5, 0.6) is 0 Å². The molecule has 0 amide bonds. The van der Waals surface area contributed by atoms with Crippen molar-refractivity contribution in [2.75, 3.05) is 0 Å². The molecular formula is C20H15ClN6S. The van der Waals surface area contributed by atoms with Gasteiger partial charge in [-0.15, -0.1) is 0 Å². The Balaban J connectivity index is 1.63. The van der Waals surface area contributed by atoms with E-state index in [1.165, 1.54) is 10.9 Å². The Hall–Kier alpha value is -3.29. The summed E-state index contributed by atoms with van der Waals surface area (Å²) in [5.74, 6) is 0.514. The molecule has 6 nitrogen and oxygen atoms in total. The van der Waals surface area contributed by atoms with Gasteiger partial charge in [0.25, 0.3) is 0 Å². The number of halogens is 1. The maximum Gasteiger partial charge on any atom is 0.216 e. The van der Waals surface area contributed by atoms with Crippen LogP contribution in [0, 0.1) is 4.77 Å². The molecule has 0 saturated carbocycles. The third kappa shape index (κ3) is 4.00. The van der Waals surface area contributed by atoms with Crippen molar-refractivity contribution in [3.8, 4) is 22.8 Å². The van der Waals surface area contributed by atoms with Gasteiger partial charge in [-0.2, -0.15) is 20.0 Å². The van der Waals surface area contributed by atoms with E-state index in [0.29, 0.717) is 21.3 Å². The van der Waals surface area contributed by atoms with Crippen LogP contribution in [-0.2, 0) is 0 Å². The van der Waals surface area contributed by atoms with E-state index in [1.807, 2.05) is 72.8 Å². The molecule has 0 aliphatic heterocycles. The smallest absolute Gasteiger partial charge is 0.216 e. The third-order valence-electron chi connectivity index (χ3n) is 3.94. The highest BCUT2D eigenvalue weighted by molar-refractivity contribution is 7.71. The van der Waals surface area contributed by atoms with E-state index < -0.39 is 0 Å². The number of H-pyrrole nitrogens is 2. The summed E-state index contributed by atoms with van der Waals surface area (Å²) in [6.07, 6.45) is 3.34. The van der Waals surface area contributed by atoms with Crippen LogP contribution in [0.4, 0.5) is 0 Å². The summed E-state index contributed by atoms with van der Waals surface area (Å²) < 4.78 is 1.85. The molecule has 0 fully saturated rings. The molecule has 138 valence electrons. The normalized spacial score (nSPS) is 12.0. The molecule has 0 aliphatic rings. The molecule has 0 unspecified atom stereocenters. The quantitative estimate of drug-likeness (QED) is 0.357. The number of rotatable bonds is 5. The van der Waals surface area contributed by atoms with Gasteiger partial charge in [0.2, 0.25) is 10.6 Å². The van der Waals surface area contributed by atoms with Crippen molar-refractivity contribution in [2.45, 2.75) is 0 Å². The van der Waals surface area contributed by atoms with Crippen molar-refractivity contribution >= 4 is 36.1 Å². The SMILES string of the molecule is S=c1[nH]nc(-c2cc(-c3ccccc3)n[nH]2)n1/N=C/C(Cl)=C\c1ccccc1. The highest BCUT2D eigenvalue weighted by Gasteiger charge is 2.12. The van der Waals surface area contributed by atoms with Gasteiger partial charge in [-0.05, 0) is 29.9 Å². The van der Waals surface area contributed by atoms with Gasteiger partial charge < -0.3 is 0 Å². The number of allylic oxidation sites excluding steroid dienone is 1. The molecule has 2 aromatic carbocycles. The Bertz CT molecular complexity index is 1190. The van der Waals surface area contributed by atoms with Crippen LogP contribution in [0.3, 0.4) is 0 Å². The monoisotopic (exact) mass is 406 g/mol. The topological polar surface area (TPSA) is 74.7 Å². The first-order chi connectivity index (χ1) is 13.7. The van der Waals surface area contributed by atoms with Crippen LogP contribution in [0.2, 0.25) is 0 Å². The average molecular weight is 407 g/mol. The lowest BCUT2D eigenvalue weighted by molar-refractivity contribution is 0.866. The minimum atomic E-state index is 0.353. The Morgan fingerprint density at radius 2 is 1.71 bits per heavy atom. The van der Waals surface area contributed by atoms with E-state index in [2.05, 4.69) is 25.5 Å². The predicted octanol–water partition coefficient (Wildman–Crippen LogP) is 5.11. The van der Waals surface area contributed by atoms with Gasteiger partial charge in [-0.3, -0.25) is 5.10 Å². The lowest BCUT2D eigenvalue weighted by Gasteiger charge is -1.97.